The van der Waals surface area contributed by atoms with Crippen LogP contribution in [0.4, 0.5) is 11.4 Å². The predicted molar refractivity (Wildman–Crippen MR) is 117 cm³/mol. The quantitative estimate of drug-likeness (QED) is 0.409. The van der Waals surface area contributed by atoms with Crippen LogP contribution in [0.2, 0.25) is 0 Å². The lowest BCUT2D eigenvalue weighted by Gasteiger charge is -2.10. The molecule has 3 N–H and O–H groups in total. The number of rotatable bonds is 11. The van der Waals surface area contributed by atoms with Crippen molar-refractivity contribution in [3.8, 4) is 5.75 Å². The van der Waals surface area contributed by atoms with Gasteiger partial charge in [0.15, 0.2) is 0 Å². The summed E-state index contributed by atoms with van der Waals surface area (Å²) < 4.78 is 15.6. The standard InChI is InChI=1S/C23H25N3O5/c1-29-12-13-31-20-9-7-18(8-10-20)26-22(27)16-24-19-5-2-4-17(14-19)23(28)25-15-21-6-3-11-30-21/h2-11,14,24H,12-13,15-16H2,1H3,(H,25,28)(H,26,27). The van der Waals surface area contributed by atoms with Gasteiger partial charge in [-0.15, -0.1) is 0 Å². The van der Waals surface area contributed by atoms with Crippen molar-refractivity contribution in [2.75, 3.05) is 37.5 Å². The zero-order chi connectivity index (χ0) is 21.9. The molecule has 162 valence electrons. The second-order valence-electron chi connectivity index (χ2n) is 6.61. The molecule has 0 spiro atoms. The number of benzene rings is 2. The highest BCUT2D eigenvalue weighted by Gasteiger charge is 2.08. The summed E-state index contributed by atoms with van der Waals surface area (Å²) in [6.45, 7) is 1.34. The van der Waals surface area contributed by atoms with E-state index in [-0.39, 0.29) is 18.4 Å². The second kappa shape index (κ2) is 11.4. The first-order valence-corrected chi connectivity index (χ1v) is 9.80. The summed E-state index contributed by atoms with van der Waals surface area (Å²) in [5.74, 6) is 0.946. The fraction of sp³-hybridized carbons (Fsp3) is 0.217. The number of hydrogen-bond acceptors (Lipinski definition) is 6. The highest BCUT2D eigenvalue weighted by Crippen LogP contribution is 2.16. The van der Waals surface area contributed by atoms with Crippen molar-refractivity contribution in [1.29, 1.82) is 0 Å². The van der Waals surface area contributed by atoms with E-state index in [9.17, 15) is 9.59 Å². The Labute approximate surface area is 180 Å². The van der Waals surface area contributed by atoms with Crippen LogP contribution in [0.15, 0.2) is 71.3 Å². The molecule has 31 heavy (non-hydrogen) atoms. The second-order valence-corrected chi connectivity index (χ2v) is 6.61. The molecule has 8 heteroatoms. The largest absolute Gasteiger partial charge is 0.491 e. The molecular formula is C23H25N3O5. The average Bonchev–Trinajstić information content (AvgIpc) is 3.31. The van der Waals surface area contributed by atoms with Crippen LogP contribution in [0.1, 0.15) is 16.1 Å². The third-order valence-corrected chi connectivity index (χ3v) is 4.28. The van der Waals surface area contributed by atoms with Gasteiger partial charge in [-0.2, -0.15) is 0 Å². The minimum absolute atomic E-state index is 0.0591. The van der Waals surface area contributed by atoms with E-state index in [4.69, 9.17) is 13.9 Å². The summed E-state index contributed by atoms with van der Waals surface area (Å²) >= 11 is 0. The molecule has 0 fully saturated rings. The Kier molecular flexibility index (Phi) is 8.07. The van der Waals surface area contributed by atoms with Crippen LogP contribution in [0, 0.1) is 0 Å². The number of methoxy groups -OCH3 is 1. The maximum absolute atomic E-state index is 12.3. The molecule has 0 saturated heterocycles. The van der Waals surface area contributed by atoms with E-state index in [1.807, 2.05) is 0 Å². The molecule has 0 atom stereocenters. The van der Waals surface area contributed by atoms with E-state index in [0.717, 1.165) is 0 Å². The molecule has 0 aliphatic heterocycles. The van der Waals surface area contributed by atoms with Gasteiger partial charge in [0.25, 0.3) is 5.91 Å². The third-order valence-electron chi connectivity index (χ3n) is 4.28. The topological polar surface area (TPSA) is 102 Å². The highest BCUT2D eigenvalue weighted by atomic mass is 16.5. The molecule has 1 aromatic heterocycles. The van der Waals surface area contributed by atoms with Gasteiger partial charge in [-0.1, -0.05) is 6.07 Å². The maximum Gasteiger partial charge on any atom is 0.251 e. The van der Waals surface area contributed by atoms with Crippen molar-refractivity contribution >= 4 is 23.2 Å². The number of nitrogens with one attached hydrogen (secondary N) is 3. The van der Waals surface area contributed by atoms with Crippen LogP contribution in [0.3, 0.4) is 0 Å². The Bertz CT molecular complexity index is 971. The molecule has 0 aliphatic carbocycles. The SMILES string of the molecule is COCCOc1ccc(NC(=O)CNc2cccc(C(=O)NCc3ccco3)c2)cc1. The zero-order valence-corrected chi connectivity index (χ0v) is 17.2. The van der Waals surface area contributed by atoms with Gasteiger partial charge in [0.2, 0.25) is 5.91 Å². The summed E-state index contributed by atoms with van der Waals surface area (Å²) in [7, 11) is 1.61. The third kappa shape index (κ3) is 7.20. The smallest absolute Gasteiger partial charge is 0.251 e. The molecule has 1 heterocycles. The van der Waals surface area contributed by atoms with Crippen molar-refractivity contribution in [1.82, 2.24) is 5.32 Å². The minimum atomic E-state index is -0.225. The summed E-state index contributed by atoms with van der Waals surface area (Å²) in [6, 6.07) is 17.6. The van der Waals surface area contributed by atoms with E-state index < -0.39 is 0 Å². The van der Waals surface area contributed by atoms with Gasteiger partial charge in [0.1, 0.15) is 18.1 Å². The molecule has 0 bridgehead atoms. The molecule has 8 nitrogen and oxygen atoms in total. The van der Waals surface area contributed by atoms with Crippen molar-refractivity contribution in [3.05, 3.63) is 78.3 Å². The van der Waals surface area contributed by atoms with Gasteiger partial charge in [0.05, 0.1) is 26.0 Å². The molecule has 3 rings (SSSR count). The van der Waals surface area contributed by atoms with E-state index >= 15 is 0 Å². The maximum atomic E-state index is 12.3. The zero-order valence-electron chi connectivity index (χ0n) is 17.2. The van der Waals surface area contributed by atoms with Crippen molar-refractivity contribution < 1.29 is 23.5 Å². The van der Waals surface area contributed by atoms with Gasteiger partial charge in [-0.3, -0.25) is 9.59 Å². The average molecular weight is 423 g/mol. The first kappa shape index (κ1) is 21.9. The Morgan fingerprint density at radius 1 is 0.968 bits per heavy atom. The number of amides is 2. The molecule has 2 amide bonds. The first-order chi connectivity index (χ1) is 15.1. The van der Waals surface area contributed by atoms with Crippen LogP contribution >= 0.6 is 0 Å². The Balaban J connectivity index is 1.45. The van der Waals surface area contributed by atoms with Crippen LogP contribution in [-0.4, -0.2) is 38.7 Å². The monoisotopic (exact) mass is 423 g/mol. The van der Waals surface area contributed by atoms with Gasteiger partial charge in [-0.05, 0) is 54.6 Å². The molecule has 0 radical (unpaired) electrons. The number of carbonyl (C=O) groups excluding carboxylic acids is 2. The summed E-state index contributed by atoms with van der Waals surface area (Å²) in [5, 5.41) is 8.62. The normalized spacial score (nSPS) is 10.4. The van der Waals surface area contributed by atoms with Crippen LogP contribution in [-0.2, 0) is 16.1 Å². The summed E-state index contributed by atoms with van der Waals surface area (Å²) in [4.78, 5) is 24.5. The van der Waals surface area contributed by atoms with E-state index in [2.05, 4.69) is 16.0 Å². The number of ether oxygens (including phenoxy) is 2. The van der Waals surface area contributed by atoms with Gasteiger partial charge in [0, 0.05) is 24.0 Å². The molecule has 2 aromatic carbocycles. The highest BCUT2D eigenvalue weighted by molar-refractivity contribution is 5.96. The minimum Gasteiger partial charge on any atom is -0.491 e. The van der Waals surface area contributed by atoms with Gasteiger partial charge in [-0.25, -0.2) is 0 Å². The fourth-order valence-electron chi connectivity index (χ4n) is 2.72. The number of furan rings is 1. The van der Waals surface area contributed by atoms with Crippen molar-refractivity contribution in [2.24, 2.45) is 0 Å². The van der Waals surface area contributed by atoms with Crippen LogP contribution < -0.4 is 20.7 Å². The molecule has 0 aliphatic rings. The Hall–Kier alpha value is -3.78. The lowest BCUT2D eigenvalue weighted by Crippen LogP contribution is -2.23. The van der Waals surface area contributed by atoms with E-state index in [1.54, 1.807) is 74.0 Å². The number of anilines is 2. The lowest BCUT2D eigenvalue weighted by atomic mass is 10.2. The molecule has 0 unspecified atom stereocenters. The molecule has 3 aromatic rings. The van der Waals surface area contributed by atoms with Crippen molar-refractivity contribution in [2.45, 2.75) is 6.54 Å². The van der Waals surface area contributed by atoms with Crippen LogP contribution in [0.5, 0.6) is 5.75 Å². The summed E-state index contributed by atoms with van der Waals surface area (Å²) in [5.41, 5.74) is 1.82. The van der Waals surface area contributed by atoms with Gasteiger partial charge >= 0.3 is 0 Å². The van der Waals surface area contributed by atoms with Gasteiger partial charge < -0.3 is 29.8 Å². The first-order valence-electron chi connectivity index (χ1n) is 9.80. The molecule has 0 saturated carbocycles. The van der Waals surface area contributed by atoms with Crippen molar-refractivity contribution in [3.63, 3.8) is 0 Å². The predicted octanol–water partition coefficient (Wildman–Crippen LogP) is 3.29. The number of carbonyl (C=O) groups is 2. The Morgan fingerprint density at radius 2 is 1.81 bits per heavy atom. The molecular weight excluding hydrogens is 398 g/mol. The Morgan fingerprint density at radius 3 is 2.55 bits per heavy atom. The lowest BCUT2D eigenvalue weighted by molar-refractivity contribution is -0.114. The summed E-state index contributed by atoms with van der Waals surface area (Å²) in [6.07, 6.45) is 1.56. The van der Waals surface area contributed by atoms with Crippen LogP contribution in [0.25, 0.3) is 0 Å². The van der Waals surface area contributed by atoms with E-state index in [1.165, 1.54) is 0 Å². The van der Waals surface area contributed by atoms with E-state index in [0.29, 0.717) is 48.2 Å². The number of hydrogen-bond donors (Lipinski definition) is 3. The fourth-order valence-corrected chi connectivity index (χ4v) is 2.72.